The number of nitrogens with zero attached hydrogens (tertiary/aromatic N) is 1. The minimum absolute atomic E-state index is 0.330. The highest BCUT2D eigenvalue weighted by atomic mass is 35.5. The van der Waals surface area contributed by atoms with Gasteiger partial charge in [-0.25, -0.2) is 10.8 Å². The second-order valence-corrected chi connectivity index (χ2v) is 5.80. The van der Waals surface area contributed by atoms with Crippen molar-refractivity contribution in [3.63, 3.8) is 0 Å². The van der Waals surface area contributed by atoms with Gasteiger partial charge in [0.25, 0.3) is 0 Å². The van der Waals surface area contributed by atoms with Crippen molar-refractivity contribution in [2.75, 3.05) is 0 Å². The molecule has 6 heteroatoms. The van der Waals surface area contributed by atoms with Crippen LogP contribution in [-0.2, 0) is 13.0 Å². The largest absolute Gasteiger partial charge is 0.489 e. The van der Waals surface area contributed by atoms with E-state index < -0.39 is 0 Å². The molecule has 4 nitrogen and oxygen atoms in total. The first-order valence-electron chi connectivity index (χ1n) is 6.90. The zero-order chi connectivity index (χ0) is 15.5. The van der Waals surface area contributed by atoms with E-state index >= 15 is 0 Å². The predicted molar refractivity (Wildman–Crippen MR) is 90.0 cm³/mol. The van der Waals surface area contributed by atoms with Crippen LogP contribution in [0.2, 0.25) is 10.0 Å². The van der Waals surface area contributed by atoms with E-state index in [0.29, 0.717) is 16.7 Å². The van der Waals surface area contributed by atoms with Gasteiger partial charge in [-0.15, -0.1) is 0 Å². The molecule has 0 aromatic heterocycles. The van der Waals surface area contributed by atoms with Crippen molar-refractivity contribution >= 4 is 34.7 Å². The first kappa shape index (κ1) is 15.2. The monoisotopic (exact) mass is 335 g/mol. The van der Waals surface area contributed by atoms with Crippen LogP contribution in [0.25, 0.3) is 0 Å². The van der Waals surface area contributed by atoms with E-state index in [1.165, 1.54) is 0 Å². The first-order chi connectivity index (χ1) is 10.7. The lowest BCUT2D eigenvalue weighted by atomic mass is 10.0. The van der Waals surface area contributed by atoms with Crippen LogP contribution in [0, 0.1) is 0 Å². The molecule has 3 N–H and O–H groups in total. The summed E-state index contributed by atoms with van der Waals surface area (Å²) in [6.45, 7) is 0.330. The quantitative estimate of drug-likeness (QED) is 0.658. The molecule has 0 bridgehead atoms. The van der Waals surface area contributed by atoms with E-state index in [-0.39, 0.29) is 0 Å². The summed E-state index contributed by atoms with van der Waals surface area (Å²) in [7, 11) is 0. The van der Waals surface area contributed by atoms with Gasteiger partial charge in [0.05, 0.1) is 5.69 Å². The van der Waals surface area contributed by atoms with Crippen molar-refractivity contribution in [2.24, 2.45) is 10.8 Å². The highest BCUT2D eigenvalue weighted by Gasteiger charge is 2.13. The van der Waals surface area contributed by atoms with E-state index in [4.69, 9.17) is 33.8 Å². The van der Waals surface area contributed by atoms with Crippen molar-refractivity contribution < 1.29 is 4.74 Å². The lowest BCUT2D eigenvalue weighted by Gasteiger charge is -2.16. The van der Waals surface area contributed by atoms with Crippen molar-refractivity contribution in [3.05, 3.63) is 57.6 Å². The van der Waals surface area contributed by atoms with Gasteiger partial charge in [0.1, 0.15) is 18.2 Å². The molecule has 0 fully saturated rings. The van der Waals surface area contributed by atoms with Crippen LogP contribution in [-0.4, -0.2) is 5.84 Å². The van der Waals surface area contributed by atoms with Crippen LogP contribution in [0.3, 0.4) is 0 Å². The Morgan fingerprint density at radius 2 is 1.91 bits per heavy atom. The van der Waals surface area contributed by atoms with Gasteiger partial charge in [0, 0.05) is 22.0 Å². The first-order valence-corrected chi connectivity index (χ1v) is 7.66. The third-order valence-electron chi connectivity index (χ3n) is 3.55. The molecule has 0 radical (unpaired) electrons. The summed E-state index contributed by atoms with van der Waals surface area (Å²) in [5, 5.41) is 1.21. The number of nitrogens with two attached hydrogens (primary N) is 1. The molecule has 3 rings (SSSR count). The average molecular weight is 336 g/mol. The Bertz CT molecular complexity index is 711. The van der Waals surface area contributed by atoms with Crippen molar-refractivity contribution in [2.45, 2.75) is 19.4 Å². The molecule has 1 heterocycles. The summed E-state index contributed by atoms with van der Waals surface area (Å²) < 4.78 is 5.82. The number of aliphatic imine (C=N–C) groups is 1. The Morgan fingerprint density at radius 3 is 2.64 bits per heavy atom. The molecule has 0 amide bonds. The average Bonchev–Trinajstić information content (AvgIpc) is 2.53. The molecule has 0 aliphatic carbocycles. The molecule has 114 valence electrons. The van der Waals surface area contributed by atoms with Crippen LogP contribution >= 0.6 is 23.2 Å². The van der Waals surface area contributed by atoms with Crippen LogP contribution < -0.4 is 16.0 Å². The maximum absolute atomic E-state index is 6.14. The second-order valence-electron chi connectivity index (χ2n) is 4.98. The Kier molecular flexibility index (Phi) is 4.52. The highest BCUT2D eigenvalue weighted by molar-refractivity contribution is 6.35. The summed E-state index contributed by atoms with van der Waals surface area (Å²) in [4.78, 5) is 4.43. The Morgan fingerprint density at radius 1 is 1.14 bits per heavy atom. The fourth-order valence-electron chi connectivity index (χ4n) is 2.35. The molecule has 2 aromatic carbocycles. The number of rotatable bonds is 3. The van der Waals surface area contributed by atoms with Crippen molar-refractivity contribution in [1.29, 1.82) is 0 Å². The lowest BCUT2D eigenvalue weighted by molar-refractivity contribution is 0.306. The maximum atomic E-state index is 6.14. The molecule has 0 unspecified atom stereocenters. The van der Waals surface area contributed by atoms with E-state index in [2.05, 4.69) is 10.4 Å². The Balaban J connectivity index is 1.76. The topological polar surface area (TPSA) is 59.6 Å². The van der Waals surface area contributed by atoms with E-state index in [0.717, 1.165) is 41.2 Å². The van der Waals surface area contributed by atoms with Gasteiger partial charge >= 0.3 is 0 Å². The zero-order valence-corrected chi connectivity index (χ0v) is 13.3. The Labute approximate surface area is 138 Å². The highest BCUT2D eigenvalue weighted by Crippen LogP contribution is 2.30. The number of hydrazine groups is 1. The van der Waals surface area contributed by atoms with Gasteiger partial charge in [-0.05, 0) is 42.3 Å². The molecule has 0 saturated carbocycles. The number of nitrogens with one attached hydrogen (secondary N) is 1. The van der Waals surface area contributed by atoms with Gasteiger partial charge in [0.15, 0.2) is 0 Å². The predicted octanol–water partition coefficient (Wildman–Crippen LogP) is 4.01. The maximum Gasteiger partial charge on any atom is 0.120 e. The van der Waals surface area contributed by atoms with E-state index in [1.807, 2.05) is 24.3 Å². The minimum atomic E-state index is 0.330. The number of benzene rings is 2. The van der Waals surface area contributed by atoms with Crippen molar-refractivity contribution in [3.8, 4) is 5.75 Å². The fourth-order valence-corrected chi connectivity index (χ4v) is 2.85. The zero-order valence-electron chi connectivity index (χ0n) is 11.8. The third kappa shape index (κ3) is 3.19. The standard InChI is InChI=1S/C16H15Cl2N3O/c17-13-2-1-3-14(18)12(13)9-22-11-5-6-15-10(8-11)4-7-16(20-15)21-19/h1-3,5-6,8H,4,7,9,19H2,(H,20,21). The van der Waals surface area contributed by atoms with Crippen LogP contribution in [0.5, 0.6) is 5.75 Å². The normalized spacial score (nSPS) is 13.3. The molecule has 22 heavy (non-hydrogen) atoms. The van der Waals surface area contributed by atoms with Crippen molar-refractivity contribution in [1.82, 2.24) is 5.43 Å². The van der Waals surface area contributed by atoms with Gasteiger partial charge in [0.2, 0.25) is 0 Å². The van der Waals surface area contributed by atoms with E-state index in [9.17, 15) is 0 Å². The molecule has 0 saturated heterocycles. The molecular formula is C16H15Cl2N3O. The van der Waals surface area contributed by atoms with Gasteiger partial charge in [-0.2, -0.15) is 0 Å². The van der Waals surface area contributed by atoms with Gasteiger partial charge < -0.3 is 10.2 Å². The number of fused-ring (bicyclic) bond motifs is 1. The number of ether oxygens (including phenoxy) is 1. The summed E-state index contributed by atoms with van der Waals surface area (Å²) in [6.07, 6.45) is 1.67. The lowest BCUT2D eigenvalue weighted by Crippen LogP contribution is -2.31. The molecule has 2 aromatic rings. The smallest absolute Gasteiger partial charge is 0.120 e. The molecule has 1 aliphatic heterocycles. The summed E-state index contributed by atoms with van der Waals surface area (Å²) in [5.74, 6) is 6.97. The van der Waals surface area contributed by atoms with Gasteiger partial charge in [-0.3, -0.25) is 0 Å². The second kappa shape index (κ2) is 6.57. The van der Waals surface area contributed by atoms with Gasteiger partial charge in [-0.1, -0.05) is 29.3 Å². The SMILES string of the molecule is NNC1=Nc2ccc(OCc3c(Cl)cccc3Cl)cc2CC1. The number of aryl methyl sites for hydroxylation is 1. The van der Waals surface area contributed by atoms with Crippen LogP contribution in [0.15, 0.2) is 41.4 Å². The van der Waals surface area contributed by atoms with Crippen LogP contribution in [0.4, 0.5) is 5.69 Å². The summed E-state index contributed by atoms with van der Waals surface area (Å²) in [5.41, 5.74) is 5.46. The number of amidine groups is 1. The molecule has 0 atom stereocenters. The number of hydrogen-bond acceptors (Lipinski definition) is 4. The molecule has 0 spiro atoms. The molecular weight excluding hydrogens is 321 g/mol. The number of halogens is 2. The van der Waals surface area contributed by atoms with E-state index in [1.54, 1.807) is 12.1 Å². The molecule has 1 aliphatic rings. The van der Waals surface area contributed by atoms with Crippen LogP contribution in [0.1, 0.15) is 17.5 Å². The fraction of sp³-hybridized carbons (Fsp3) is 0.188. The summed E-state index contributed by atoms with van der Waals surface area (Å²) >= 11 is 12.3. The summed E-state index contributed by atoms with van der Waals surface area (Å²) in [6, 6.07) is 11.2. The third-order valence-corrected chi connectivity index (χ3v) is 4.26. The minimum Gasteiger partial charge on any atom is -0.489 e. The number of hydrogen-bond donors (Lipinski definition) is 2. The Hall–Kier alpha value is -1.75.